The fraction of sp³-hybridized carbons (Fsp3) is 0.167. The molecular formula is C18H19NO3. The van der Waals surface area contributed by atoms with Crippen molar-refractivity contribution in [1.29, 1.82) is 0 Å². The predicted octanol–water partition coefficient (Wildman–Crippen LogP) is 0.878. The van der Waals surface area contributed by atoms with E-state index in [0.717, 1.165) is 24.4 Å². The Morgan fingerprint density at radius 2 is 1.59 bits per heavy atom. The number of hydrogen-bond acceptors (Lipinski definition) is 3. The Morgan fingerprint density at radius 1 is 1.05 bits per heavy atom. The molecule has 4 nitrogen and oxygen atoms in total. The predicted molar refractivity (Wildman–Crippen MR) is 82.2 cm³/mol. The van der Waals surface area contributed by atoms with Crippen LogP contribution in [0.5, 0.6) is 5.75 Å². The molecular weight excluding hydrogens is 278 g/mol. The largest absolute Gasteiger partial charge is 0.545 e. The van der Waals surface area contributed by atoms with E-state index in [-0.39, 0.29) is 5.56 Å². The van der Waals surface area contributed by atoms with Crippen LogP contribution < -0.4 is 15.2 Å². The smallest absolute Gasteiger partial charge is 0.119 e. The molecule has 4 heteroatoms. The number of nitrogens with two attached hydrogens (primary N) is 1. The van der Waals surface area contributed by atoms with Crippen LogP contribution in [0.4, 0.5) is 0 Å². The van der Waals surface area contributed by atoms with E-state index in [1.165, 1.54) is 5.56 Å². The van der Waals surface area contributed by atoms with Crippen LogP contribution in [0.25, 0.3) is 0 Å². The zero-order valence-electron chi connectivity index (χ0n) is 12.3. The molecule has 0 aliphatic heterocycles. The number of carbonyl (C=O) groups excluding carboxylic acids is 1. The van der Waals surface area contributed by atoms with Gasteiger partial charge in [0.2, 0.25) is 0 Å². The molecule has 2 rings (SSSR count). The van der Waals surface area contributed by atoms with Gasteiger partial charge in [0.05, 0.1) is 5.97 Å². The maximum absolute atomic E-state index is 10.7. The fourth-order valence-corrected chi connectivity index (χ4v) is 2.06. The normalized spacial score (nSPS) is 10.2. The lowest BCUT2D eigenvalue weighted by Crippen LogP contribution is -2.80. The molecule has 0 heterocycles. The minimum Gasteiger partial charge on any atom is -0.545 e. The average Bonchev–Trinajstić information content (AvgIpc) is 2.54. The minimum atomic E-state index is -1.14. The fourth-order valence-electron chi connectivity index (χ4n) is 2.06. The molecule has 0 radical (unpaired) electrons. The van der Waals surface area contributed by atoms with Gasteiger partial charge in [-0.3, -0.25) is 0 Å². The van der Waals surface area contributed by atoms with Crippen LogP contribution in [0.1, 0.15) is 21.5 Å². The van der Waals surface area contributed by atoms with Gasteiger partial charge < -0.3 is 20.0 Å². The summed E-state index contributed by atoms with van der Waals surface area (Å²) in [6.45, 7) is 5.76. The Kier molecular flexibility index (Phi) is 5.74. The Balaban J connectivity index is 1.80. The molecule has 0 atom stereocenters. The zero-order valence-corrected chi connectivity index (χ0v) is 12.3. The summed E-state index contributed by atoms with van der Waals surface area (Å²) >= 11 is 0. The topological polar surface area (TPSA) is 66.0 Å². The van der Waals surface area contributed by atoms with E-state index < -0.39 is 5.97 Å². The Labute approximate surface area is 130 Å². The molecule has 2 N–H and O–H groups in total. The summed E-state index contributed by atoms with van der Waals surface area (Å²) in [5.74, 6) is -0.309. The monoisotopic (exact) mass is 297 g/mol. The van der Waals surface area contributed by atoms with Crippen molar-refractivity contribution in [3.8, 4) is 5.75 Å². The maximum atomic E-state index is 10.7. The van der Waals surface area contributed by atoms with Crippen LogP contribution in [0, 0.1) is 0 Å². The van der Waals surface area contributed by atoms with Gasteiger partial charge in [0.1, 0.15) is 25.4 Å². The van der Waals surface area contributed by atoms with Gasteiger partial charge in [-0.25, -0.2) is 0 Å². The lowest BCUT2D eigenvalue weighted by molar-refractivity contribution is -0.686. The number of hydrogen-bond donors (Lipinski definition) is 1. The standard InChI is InChI=1S/C18H19NO3/c1-2-11-22-17-9-5-15(6-10-17)13-19-12-14-3-7-16(8-4-14)18(20)21/h2-10,19H,1,11-13H2,(H,20,21). The number of carbonyl (C=O) groups is 1. The Bertz CT molecular complexity index is 618. The van der Waals surface area contributed by atoms with Crippen LogP contribution in [-0.2, 0) is 13.1 Å². The highest BCUT2D eigenvalue weighted by atomic mass is 16.5. The molecule has 0 saturated heterocycles. The summed E-state index contributed by atoms with van der Waals surface area (Å²) in [7, 11) is 0. The van der Waals surface area contributed by atoms with Crippen molar-refractivity contribution < 1.29 is 20.0 Å². The van der Waals surface area contributed by atoms with E-state index >= 15 is 0 Å². The molecule has 0 amide bonds. The van der Waals surface area contributed by atoms with Crippen molar-refractivity contribution in [2.24, 2.45) is 0 Å². The molecule has 0 aliphatic rings. The van der Waals surface area contributed by atoms with E-state index in [9.17, 15) is 9.90 Å². The van der Waals surface area contributed by atoms with Gasteiger partial charge in [-0.15, -0.1) is 0 Å². The summed E-state index contributed by atoms with van der Waals surface area (Å²) in [5, 5.41) is 12.8. The lowest BCUT2D eigenvalue weighted by Gasteiger charge is -2.06. The molecule has 0 fully saturated rings. The number of ether oxygens (including phenoxy) is 1. The average molecular weight is 297 g/mol. The minimum absolute atomic E-state index is 0.207. The molecule has 22 heavy (non-hydrogen) atoms. The first-order chi connectivity index (χ1) is 10.7. The molecule has 0 aliphatic carbocycles. The van der Waals surface area contributed by atoms with E-state index in [4.69, 9.17) is 4.74 Å². The highest BCUT2D eigenvalue weighted by Crippen LogP contribution is 2.11. The van der Waals surface area contributed by atoms with Crippen molar-refractivity contribution in [2.45, 2.75) is 13.1 Å². The molecule has 0 saturated carbocycles. The number of carboxylic acids is 1. The molecule has 0 bridgehead atoms. The zero-order chi connectivity index (χ0) is 15.8. The molecule has 0 unspecified atom stereocenters. The molecule has 0 spiro atoms. The van der Waals surface area contributed by atoms with Crippen molar-refractivity contribution in [2.75, 3.05) is 6.61 Å². The van der Waals surface area contributed by atoms with Gasteiger partial charge in [0.15, 0.2) is 0 Å². The molecule has 114 valence electrons. The summed E-state index contributed by atoms with van der Waals surface area (Å²) in [6, 6.07) is 14.7. The van der Waals surface area contributed by atoms with Gasteiger partial charge in [-0.1, -0.05) is 36.9 Å². The van der Waals surface area contributed by atoms with Crippen molar-refractivity contribution in [3.05, 3.63) is 77.9 Å². The third-order valence-corrected chi connectivity index (χ3v) is 3.24. The summed E-state index contributed by atoms with van der Waals surface area (Å²) in [6.07, 6.45) is 1.72. The SMILES string of the molecule is C=CCOc1ccc(C[NH2+]Cc2ccc(C(=O)[O-])cc2)cc1. The second-order valence-corrected chi connectivity index (χ2v) is 4.92. The summed E-state index contributed by atoms with van der Waals surface area (Å²) < 4.78 is 5.43. The van der Waals surface area contributed by atoms with Crippen molar-refractivity contribution >= 4 is 5.97 Å². The first kappa shape index (κ1) is 15.8. The lowest BCUT2D eigenvalue weighted by atomic mass is 10.1. The van der Waals surface area contributed by atoms with E-state index in [0.29, 0.717) is 6.61 Å². The number of quaternary nitrogens is 1. The highest BCUT2D eigenvalue weighted by molar-refractivity contribution is 5.85. The number of rotatable bonds is 8. The van der Waals surface area contributed by atoms with Crippen LogP contribution >= 0.6 is 0 Å². The van der Waals surface area contributed by atoms with Gasteiger partial charge in [0, 0.05) is 11.1 Å². The van der Waals surface area contributed by atoms with E-state index in [1.807, 2.05) is 36.4 Å². The van der Waals surface area contributed by atoms with Crippen LogP contribution in [0.2, 0.25) is 0 Å². The number of aromatic carboxylic acids is 1. The third kappa shape index (κ3) is 4.75. The third-order valence-electron chi connectivity index (χ3n) is 3.24. The summed E-state index contributed by atoms with van der Waals surface area (Å²) in [5.41, 5.74) is 2.49. The highest BCUT2D eigenvalue weighted by Gasteiger charge is 2.00. The quantitative estimate of drug-likeness (QED) is 0.736. The first-order valence-electron chi connectivity index (χ1n) is 7.13. The van der Waals surface area contributed by atoms with Gasteiger partial charge in [-0.05, 0) is 29.8 Å². The second-order valence-electron chi connectivity index (χ2n) is 4.92. The van der Waals surface area contributed by atoms with E-state index in [2.05, 4.69) is 11.9 Å². The van der Waals surface area contributed by atoms with E-state index in [1.54, 1.807) is 18.2 Å². The number of benzene rings is 2. The van der Waals surface area contributed by atoms with Crippen LogP contribution in [-0.4, -0.2) is 12.6 Å². The van der Waals surface area contributed by atoms with Crippen molar-refractivity contribution in [1.82, 2.24) is 0 Å². The maximum Gasteiger partial charge on any atom is 0.119 e. The molecule has 2 aromatic rings. The first-order valence-corrected chi connectivity index (χ1v) is 7.13. The van der Waals surface area contributed by atoms with Crippen molar-refractivity contribution in [3.63, 3.8) is 0 Å². The summed E-state index contributed by atoms with van der Waals surface area (Å²) in [4.78, 5) is 10.7. The van der Waals surface area contributed by atoms with Gasteiger partial charge in [0.25, 0.3) is 0 Å². The van der Waals surface area contributed by atoms with Gasteiger partial charge >= 0.3 is 0 Å². The molecule has 0 aromatic heterocycles. The van der Waals surface area contributed by atoms with Crippen LogP contribution in [0.3, 0.4) is 0 Å². The second kappa shape index (κ2) is 8.00. The van der Waals surface area contributed by atoms with Crippen LogP contribution in [0.15, 0.2) is 61.2 Å². The number of carboxylic acid groups (broad SMARTS) is 1. The Hall–Kier alpha value is -2.59. The molecule has 2 aromatic carbocycles. The van der Waals surface area contributed by atoms with Gasteiger partial charge in [-0.2, -0.15) is 0 Å². The Morgan fingerprint density at radius 3 is 2.09 bits per heavy atom.